The van der Waals surface area contributed by atoms with E-state index in [-0.39, 0.29) is 23.5 Å². The molecule has 0 unspecified atom stereocenters. The van der Waals surface area contributed by atoms with Crippen molar-refractivity contribution in [3.63, 3.8) is 0 Å². The second-order valence-corrected chi connectivity index (χ2v) is 9.29. The van der Waals surface area contributed by atoms with Crippen molar-refractivity contribution < 1.29 is 14.3 Å². The zero-order valence-electron chi connectivity index (χ0n) is 19.4. The summed E-state index contributed by atoms with van der Waals surface area (Å²) in [6.07, 6.45) is 3.38. The molecule has 2 saturated heterocycles. The van der Waals surface area contributed by atoms with E-state index in [0.29, 0.717) is 50.0 Å². The highest BCUT2D eigenvalue weighted by atomic mass is 16.5. The highest BCUT2D eigenvalue weighted by Gasteiger charge is 2.35. The van der Waals surface area contributed by atoms with Crippen LogP contribution in [0.5, 0.6) is 6.01 Å². The van der Waals surface area contributed by atoms with Crippen LogP contribution in [0.15, 0.2) is 9.59 Å². The van der Waals surface area contributed by atoms with Crippen LogP contribution < -0.4 is 16.0 Å². The Labute approximate surface area is 191 Å². The molecule has 0 N–H and O–H groups in total. The lowest BCUT2D eigenvalue weighted by molar-refractivity contribution is -0.134. The van der Waals surface area contributed by atoms with E-state index in [2.05, 4.69) is 9.88 Å². The van der Waals surface area contributed by atoms with Crippen LogP contribution in [-0.2, 0) is 30.2 Å². The molecule has 2 aromatic heterocycles. The second kappa shape index (κ2) is 8.94. The highest BCUT2D eigenvalue weighted by Crippen LogP contribution is 2.32. The van der Waals surface area contributed by atoms with Crippen molar-refractivity contribution >= 4 is 17.1 Å². The third kappa shape index (κ3) is 4.31. The minimum absolute atomic E-state index is 0.0897. The Balaban J connectivity index is 1.40. The van der Waals surface area contributed by atoms with Crippen LogP contribution in [0.4, 0.5) is 0 Å². The van der Waals surface area contributed by atoms with E-state index in [1.807, 2.05) is 9.47 Å². The first-order chi connectivity index (χ1) is 15.9. The Morgan fingerprint density at radius 2 is 1.70 bits per heavy atom. The minimum atomic E-state index is -0.413. The summed E-state index contributed by atoms with van der Waals surface area (Å²) in [5.74, 6) is 0.494. The number of aryl methyl sites for hydroxylation is 1. The fourth-order valence-electron chi connectivity index (χ4n) is 4.72. The topological polar surface area (TPSA) is 104 Å². The molecule has 0 atom stereocenters. The lowest BCUT2D eigenvalue weighted by Gasteiger charge is -2.32. The number of carbonyl (C=O) groups excluding carboxylic acids is 1. The zero-order valence-corrected chi connectivity index (χ0v) is 19.4. The summed E-state index contributed by atoms with van der Waals surface area (Å²) in [6, 6.07) is 0.364. The van der Waals surface area contributed by atoms with Gasteiger partial charge in [0.1, 0.15) is 6.10 Å². The van der Waals surface area contributed by atoms with Gasteiger partial charge in [-0.1, -0.05) is 0 Å². The average Bonchev–Trinajstić information content (AvgIpc) is 3.63. The van der Waals surface area contributed by atoms with E-state index in [1.165, 1.54) is 11.6 Å². The molecule has 11 heteroatoms. The standard InChI is InChI=1S/C22H32N6O5/c1-24-18-17(20(30)25(2)22(24)31)28(10-9-26-11-13-32-14-12-26)21(23-18)33-16-5-7-27(8-6-16)19(29)15-3-4-15/h15-16H,3-14H2,1-2H3. The van der Waals surface area contributed by atoms with Crippen LogP contribution >= 0.6 is 0 Å². The van der Waals surface area contributed by atoms with E-state index in [9.17, 15) is 14.4 Å². The minimum Gasteiger partial charge on any atom is -0.461 e. The van der Waals surface area contributed by atoms with Crippen LogP contribution in [0.1, 0.15) is 25.7 Å². The number of nitrogens with zero attached hydrogens (tertiary/aromatic N) is 6. The van der Waals surface area contributed by atoms with Crippen molar-refractivity contribution in [2.75, 3.05) is 45.9 Å². The van der Waals surface area contributed by atoms with E-state index >= 15 is 0 Å². The van der Waals surface area contributed by atoms with E-state index in [4.69, 9.17) is 9.47 Å². The van der Waals surface area contributed by atoms with Gasteiger partial charge < -0.3 is 14.4 Å². The van der Waals surface area contributed by atoms with Crippen molar-refractivity contribution in [2.45, 2.75) is 38.3 Å². The van der Waals surface area contributed by atoms with Crippen molar-refractivity contribution in [1.29, 1.82) is 0 Å². The number of likely N-dealkylation sites (tertiary alicyclic amines) is 1. The highest BCUT2D eigenvalue weighted by molar-refractivity contribution is 5.81. The predicted octanol–water partition coefficient (Wildman–Crippen LogP) is -0.454. The number of hydrogen-bond acceptors (Lipinski definition) is 7. The van der Waals surface area contributed by atoms with Crippen LogP contribution in [0.2, 0.25) is 0 Å². The van der Waals surface area contributed by atoms with E-state index in [1.54, 1.807) is 7.05 Å². The molecular formula is C22H32N6O5. The van der Waals surface area contributed by atoms with Crippen molar-refractivity contribution in [2.24, 2.45) is 20.0 Å². The maximum atomic E-state index is 13.0. The number of amides is 1. The van der Waals surface area contributed by atoms with Crippen molar-refractivity contribution in [1.82, 2.24) is 28.5 Å². The average molecular weight is 461 g/mol. The lowest BCUT2D eigenvalue weighted by atomic mass is 10.1. The second-order valence-electron chi connectivity index (χ2n) is 9.29. The molecule has 1 aliphatic carbocycles. The van der Waals surface area contributed by atoms with Gasteiger partial charge in [-0.3, -0.25) is 28.2 Å². The smallest absolute Gasteiger partial charge is 0.332 e. The summed E-state index contributed by atoms with van der Waals surface area (Å²) < 4.78 is 16.1. The van der Waals surface area contributed by atoms with Gasteiger partial charge in [-0.15, -0.1) is 0 Å². The first-order valence-corrected chi connectivity index (χ1v) is 11.9. The Morgan fingerprint density at radius 3 is 2.36 bits per heavy atom. The molecule has 2 aliphatic heterocycles. The van der Waals surface area contributed by atoms with Gasteiger partial charge in [0, 0.05) is 72.1 Å². The normalized spacial score (nSPS) is 20.5. The molecule has 3 aliphatic rings. The molecule has 180 valence electrons. The van der Waals surface area contributed by atoms with E-state index < -0.39 is 5.69 Å². The maximum absolute atomic E-state index is 13.0. The van der Waals surface area contributed by atoms with Crippen LogP contribution in [0, 0.1) is 5.92 Å². The number of rotatable bonds is 6. The Kier molecular flexibility index (Phi) is 6.00. The molecular weight excluding hydrogens is 428 g/mol. The molecule has 2 aromatic rings. The summed E-state index contributed by atoms with van der Waals surface area (Å²) >= 11 is 0. The number of hydrogen-bond donors (Lipinski definition) is 0. The number of aromatic nitrogens is 4. The van der Waals surface area contributed by atoms with Gasteiger partial charge in [0.25, 0.3) is 11.6 Å². The van der Waals surface area contributed by atoms with Crippen LogP contribution in [-0.4, -0.2) is 86.4 Å². The first-order valence-electron chi connectivity index (χ1n) is 11.9. The van der Waals surface area contributed by atoms with Gasteiger partial charge in [-0.25, -0.2) is 4.79 Å². The van der Waals surface area contributed by atoms with Crippen molar-refractivity contribution in [3.05, 3.63) is 20.8 Å². The quantitative estimate of drug-likeness (QED) is 0.575. The molecule has 11 nitrogen and oxygen atoms in total. The molecule has 3 fully saturated rings. The lowest BCUT2D eigenvalue weighted by Crippen LogP contribution is -2.42. The Bertz CT molecular complexity index is 1150. The number of piperidine rings is 1. The molecule has 0 bridgehead atoms. The fourth-order valence-corrected chi connectivity index (χ4v) is 4.72. The van der Waals surface area contributed by atoms with Gasteiger partial charge in [0.05, 0.1) is 13.2 Å². The molecule has 0 radical (unpaired) electrons. The summed E-state index contributed by atoms with van der Waals surface area (Å²) in [5.41, 5.74) is -0.0725. The first kappa shape index (κ1) is 22.1. The number of imidazole rings is 1. The summed E-state index contributed by atoms with van der Waals surface area (Å²) in [4.78, 5) is 46.7. The number of carbonyl (C=O) groups is 1. The molecule has 0 aromatic carbocycles. The Morgan fingerprint density at radius 1 is 1.00 bits per heavy atom. The molecule has 1 amide bonds. The third-order valence-electron chi connectivity index (χ3n) is 7.01. The van der Waals surface area contributed by atoms with Gasteiger partial charge in [0.15, 0.2) is 11.2 Å². The number of morpholine rings is 1. The number of ether oxygens (including phenoxy) is 2. The third-order valence-corrected chi connectivity index (χ3v) is 7.01. The molecule has 4 heterocycles. The molecule has 1 saturated carbocycles. The summed E-state index contributed by atoms with van der Waals surface area (Å²) in [6.45, 7) is 5.68. The van der Waals surface area contributed by atoms with Gasteiger partial charge in [-0.05, 0) is 12.8 Å². The summed E-state index contributed by atoms with van der Waals surface area (Å²) in [5, 5.41) is 0. The maximum Gasteiger partial charge on any atom is 0.332 e. The monoisotopic (exact) mass is 460 g/mol. The zero-order chi connectivity index (χ0) is 23.1. The van der Waals surface area contributed by atoms with Crippen molar-refractivity contribution in [3.8, 4) is 6.01 Å². The molecule has 0 spiro atoms. The summed E-state index contributed by atoms with van der Waals surface area (Å²) in [7, 11) is 3.10. The van der Waals surface area contributed by atoms with Crippen LogP contribution in [0.25, 0.3) is 11.2 Å². The van der Waals surface area contributed by atoms with Crippen LogP contribution in [0.3, 0.4) is 0 Å². The van der Waals surface area contributed by atoms with E-state index in [0.717, 1.165) is 49.9 Å². The molecule has 5 rings (SSSR count). The fraction of sp³-hybridized carbons (Fsp3) is 0.727. The molecule has 33 heavy (non-hydrogen) atoms. The van der Waals surface area contributed by atoms with Gasteiger partial charge in [0.2, 0.25) is 5.91 Å². The van der Waals surface area contributed by atoms with Gasteiger partial charge >= 0.3 is 5.69 Å². The Hall–Kier alpha value is -2.66. The predicted molar refractivity (Wildman–Crippen MR) is 120 cm³/mol. The number of fused-ring (bicyclic) bond motifs is 1. The van der Waals surface area contributed by atoms with Gasteiger partial charge in [-0.2, -0.15) is 4.98 Å². The largest absolute Gasteiger partial charge is 0.461 e. The SMILES string of the molecule is Cn1c(=O)c2c(nc(OC3CCN(C(=O)C4CC4)CC3)n2CCN2CCOCC2)n(C)c1=O.